The second-order valence-corrected chi connectivity index (χ2v) is 8.36. The van der Waals surface area contributed by atoms with Crippen LogP contribution in [0.4, 0.5) is 10.1 Å². The van der Waals surface area contributed by atoms with Gasteiger partial charge in [0.25, 0.3) is 0 Å². The first-order chi connectivity index (χ1) is 13.5. The molecule has 2 aromatic rings. The van der Waals surface area contributed by atoms with E-state index in [0.717, 1.165) is 29.2 Å². The van der Waals surface area contributed by atoms with Crippen molar-refractivity contribution >= 4 is 11.6 Å². The van der Waals surface area contributed by atoms with Crippen LogP contribution < -0.4 is 4.90 Å². The highest BCUT2D eigenvalue weighted by atomic mass is 19.1. The van der Waals surface area contributed by atoms with Crippen LogP contribution in [0.15, 0.2) is 42.5 Å². The Morgan fingerprint density at radius 3 is 2.75 bits per heavy atom. The lowest BCUT2D eigenvalue weighted by molar-refractivity contribution is -0.120. The Labute approximate surface area is 165 Å². The molecular formula is C24H25FN2O. The van der Waals surface area contributed by atoms with Crippen LogP contribution in [0.2, 0.25) is 0 Å². The molecule has 4 rings (SSSR count). The van der Waals surface area contributed by atoms with Gasteiger partial charge in [-0.15, -0.1) is 0 Å². The monoisotopic (exact) mass is 376 g/mol. The van der Waals surface area contributed by atoms with Crippen LogP contribution in [0.1, 0.15) is 48.8 Å². The Morgan fingerprint density at radius 1 is 1.21 bits per heavy atom. The summed E-state index contributed by atoms with van der Waals surface area (Å²) >= 11 is 0. The second kappa shape index (κ2) is 7.75. The summed E-state index contributed by atoms with van der Waals surface area (Å²) in [6.45, 7) is 2.23. The van der Waals surface area contributed by atoms with Crippen molar-refractivity contribution in [2.24, 2.45) is 17.8 Å². The van der Waals surface area contributed by atoms with Crippen molar-refractivity contribution in [3.05, 3.63) is 65.0 Å². The van der Waals surface area contributed by atoms with Gasteiger partial charge in [0.05, 0.1) is 18.2 Å². The fourth-order valence-corrected chi connectivity index (χ4v) is 5.11. The van der Waals surface area contributed by atoms with Gasteiger partial charge >= 0.3 is 0 Å². The molecule has 0 spiro atoms. The Balaban J connectivity index is 1.60. The number of aryl methyl sites for hydroxylation is 1. The molecule has 0 unspecified atom stereocenters. The fraction of sp³-hybridized carbons (Fsp3) is 0.417. The minimum absolute atomic E-state index is 0.0922. The summed E-state index contributed by atoms with van der Waals surface area (Å²) in [5.41, 5.74) is 2.98. The van der Waals surface area contributed by atoms with E-state index >= 15 is 0 Å². The predicted molar refractivity (Wildman–Crippen MR) is 107 cm³/mol. The van der Waals surface area contributed by atoms with E-state index in [1.54, 1.807) is 17.0 Å². The number of halogens is 1. The molecule has 2 aliphatic rings. The Morgan fingerprint density at radius 2 is 2.07 bits per heavy atom. The molecule has 0 saturated heterocycles. The number of benzene rings is 2. The average molecular weight is 376 g/mol. The number of nitrogens with zero attached hydrogens (tertiary/aromatic N) is 2. The lowest BCUT2D eigenvalue weighted by Crippen LogP contribution is -2.33. The molecule has 3 atom stereocenters. The molecule has 144 valence electrons. The van der Waals surface area contributed by atoms with Gasteiger partial charge < -0.3 is 4.90 Å². The molecule has 4 heteroatoms. The molecule has 2 aromatic carbocycles. The predicted octanol–water partition coefficient (Wildman–Crippen LogP) is 5.37. The van der Waals surface area contributed by atoms with Gasteiger partial charge in [0.15, 0.2) is 0 Å². The first-order valence-electron chi connectivity index (χ1n) is 10.1. The summed E-state index contributed by atoms with van der Waals surface area (Å²) in [5, 5.41) is 9.17. The number of nitriles is 1. The van der Waals surface area contributed by atoms with Crippen molar-refractivity contribution in [2.45, 2.75) is 45.6 Å². The fourth-order valence-electron chi connectivity index (χ4n) is 5.11. The van der Waals surface area contributed by atoms with E-state index in [1.165, 1.54) is 31.4 Å². The number of amides is 1. The molecule has 0 aliphatic heterocycles. The summed E-state index contributed by atoms with van der Waals surface area (Å²) in [5.74, 6) is 1.76. The van der Waals surface area contributed by atoms with Gasteiger partial charge in [0, 0.05) is 12.1 Å². The number of carbonyl (C=O) groups is 1. The highest BCUT2D eigenvalue weighted by molar-refractivity contribution is 5.94. The molecule has 0 N–H and O–H groups in total. The van der Waals surface area contributed by atoms with Crippen LogP contribution in [-0.4, -0.2) is 5.91 Å². The molecule has 0 radical (unpaired) electrons. The van der Waals surface area contributed by atoms with Gasteiger partial charge in [0.1, 0.15) is 5.82 Å². The van der Waals surface area contributed by atoms with Crippen molar-refractivity contribution in [1.82, 2.24) is 0 Å². The Bertz CT molecular complexity index is 932. The number of fused-ring (bicyclic) bond motifs is 2. The molecule has 2 saturated carbocycles. The van der Waals surface area contributed by atoms with E-state index in [0.29, 0.717) is 30.4 Å². The van der Waals surface area contributed by atoms with Crippen molar-refractivity contribution < 1.29 is 9.18 Å². The SMILES string of the molecule is Cc1cc(F)ccc1N(Cc1cccc(C#N)c1)C(=O)C[C@H]1C[C@H]2CC[C@H]1C2. The first kappa shape index (κ1) is 18.7. The van der Waals surface area contributed by atoms with Crippen molar-refractivity contribution in [1.29, 1.82) is 5.26 Å². The molecular weight excluding hydrogens is 351 g/mol. The molecule has 28 heavy (non-hydrogen) atoms. The lowest BCUT2D eigenvalue weighted by atomic mass is 9.86. The van der Waals surface area contributed by atoms with E-state index in [2.05, 4.69) is 6.07 Å². The Kier molecular flexibility index (Phi) is 5.17. The molecule has 0 heterocycles. The zero-order valence-electron chi connectivity index (χ0n) is 16.2. The smallest absolute Gasteiger partial charge is 0.227 e. The van der Waals surface area contributed by atoms with E-state index in [9.17, 15) is 14.4 Å². The van der Waals surface area contributed by atoms with Crippen LogP contribution in [0.3, 0.4) is 0 Å². The zero-order chi connectivity index (χ0) is 19.7. The number of hydrogen-bond donors (Lipinski definition) is 0. The summed E-state index contributed by atoms with van der Waals surface area (Å²) in [4.78, 5) is 15.1. The van der Waals surface area contributed by atoms with Crippen LogP contribution in [0.5, 0.6) is 0 Å². The van der Waals surface area contributed by atoms with E-state index < -0.39 is 0 Å². The van der Waals surface area contributed by atoms with E-state index in [4.69, 9.17) is 0 Å². The third kappa shape index (κ3) is 3.80. The standard InChI is InChI=1S/C24H25FN2O/c1-16-9-22(25)7-8-23(16)27(15-19-4-2-3-18(10-19)14-26)24(28)13-21-12-17-5-6-20(21)11-17/h2-4,7-10,17,20-21H,5-6,11-13,15H2,1H3/t17-,20-,21+/m0/s1. The average Bonchev–Trinajstić information content (AvgIpc) is 3.30. The summed E-state index contributed by atoms with van der Waals surface area (Å²) in [6, 6.07) is 14.1. The van der Waals surface area contributed by atoms with Gasteiger partial charge in [-0.2, -0.15) is 5.26 Å². The van der Waals surface area contributed by atoms with Gasteiger partial charge in [0.2, 0.25) is 5.91 Å². The maximum atomic E-state index is 13.6. The highest BCUT2D eigenvalue weighted by Gasteiger charge is 2.40. The summed E-state index contributed by atoms with van der Waals surface area (Å²) in [6.07, 6.45) is 5.56. The van der Waals surface area contributed by atoms with E-state index in [1.807, 2.05) is 25.1 Å². The van der Waals surface area contributed by atoms with Crippen LogP contribution in [0.25, 0.3) is 0 Å². The third-order valence-corrected chi connectivity index (χ3v) is 6.47. The quantitative estimate of drug-likeness (QED) is 0.704. The zero-order valence-corrected chi connectivity index (χ0v) is 16.2. The van der Waals surface area contributed by atoms with Gasteiger partial charge in [-0.1, -0.05) is 18.6 Å². The normalized spacial score (nSPS) is 22.8. The maximum Gasteiger partial charge on any atom is 0.227 e. The Hall–Kier alpha value is -2.67. The number of hydrogen-bond acceptors (Lipinski definition) is 2. The topological polar surface area (TPSA) is 44.1 Å². The summed E-state index contributed by atoms with van der Waals surface area (Å²) in [7, 11) is 0. The molecule has 2 fully saturated rings. The van der Waals surface area contributed by atoms with Gasteiger partial charge in [-0.3, -0.25) is 4.79 Å². The minimum Gasteiger partial charge on any atom is -0.308 e. The second-order valence-electron chi connectivity index (χ2n) is 8.36. The van der Waals surface area contributed by atoms with Crippen LogP contribution in [0, 0.1) is 41.8 Å². The van der Waals surface area contributed by atoms with Crippen molar-refractivity contribution in [2.75, 3.05) is 4.90 Å². The summed E-state index contributed by atoms with van der Waals surface area (Å²) < 4.78 is 13.6. The van der Waals surface area contributed by atoms with Gasteiger partial charge in [-0.05, 0) is 85.4 Å². The van der Waals surface area contributed by atoms with E-state index in [-0.39, 0.29) is 11.7 Å². The number of carbonyl (C=O) groups excluding carboxylic acids is 1. The number of anilines is 1. The number of rotatable bonds is 5. The van der Waals surface area contributed by atoms with Gasteiger partial charge in [-0.25, -0.2) is 4.39 Å². The molecule has 3 nitrogen and oxygen atoms in total. The highest BCUT2D eigenvalue weighted by Crippen LogP contribution is 2.49. The van der Waals surface area contributed by atoms with Crippen LogP contribution >= 0.6 is 0 Å². The molecule has 2 bridgehead atoms. The van der Waals surface area contributed by atoms with Crippen molar-refractivity contribution in [3.63, 3.8) is 0 Å². The maximum absolute atomic E-state index is 13.6. The molecule has 1 amide bonds. The molecule has 0 aromatic heterocycles. The van der Waals surface area contributed by atoms with Crippen LogP contribution in [-0.2, 0) is 11.3 Å². The van der Waals surface area contributed by atoms with Crippen molar-refractivity contribution in [3.8, 4) is 6.07 Å². The largest absolute Gasteiger partial charge is 0.308 e. The molecule has 2 aliphatic carbocycles. The first-order valence-corrected chi connectivity index (χ1v) is 10.1. The minimum atomic E-state index is -0.298. The third-order valence-electron chi connectivity index (χ3n) is 6.47. The lowest BCUT2D eigenvalue weighted by Gasteiger charge is -2.28.